The molecule has 1 aromatic heterocycles. The summed E-state index contributed by atoms with van der Waals surface area (Å²) in [6.45, 7) is 2.23. The molecular weight excluding hydrogens is 340 g/mol. The van der Waals surface area contributed by atoms with Gasteiger partial charge < -0.3 is 10.1 Å². The summed E-state index contributed by atoms with van der Waals surface area (Å²) in [6, 6.07) is 2.98. The van der Waals surface area contributed by atoms with E-state index >= 15 is 0 Å². The largest absolute Gasteiger partial charge is 0.480 e. The highest BCUT2D eigenvalue weighted by Crippen LogP contribution is 2.30. The summed E-state index contributed by atoms with van der Waals surface area (Å²) in [6.07, 6.45) is 6.80. The lowest BCUT2D eigenvalue weighted by atomic mass is 9.89. The van der Waals surface area contributed by atoms with Gasteiger partial charge in [0.25, 0.3) is 5.91 Å². The van der Waals surface area contributed by atoms with Gasteiger partial charge in [0, 0.05) is 5.41 Å². The third-order valence-corrected chi connectivity index (χ3v) is 5.94. The van der Waals surface area contributed by atoms with Gasteiger partial charge in [0.05, 0.1) is 24.6 Å². The molecule has 0 aromatic carbocycles. The molecule has 0 bridgehead atoms. The normalized spacial score (nSPS) is 24.6. The maximum atomic E-state index is 12.4. The van der Waals surface area contributed by atoms with E-state index < -0.39 is 21.8 Å². The van der Waals surface area contributed by atoms with Crippen LogP contribution in [0.15, 0.2) is 29.7 Å². The van der Waals surface area contributed by atoms with Crippen LogP contribution in [0, 0.1) is 5.92 Å². The van der Waals surface area contributed by atoms with E-state index in [1.54, 1.807) is 6.07 Å². The summed E-state index contributed by atoms with van der Waals surface area (Å²) in [4.78, 5) is 16.9. The number of rotatable bonds is 4. The van der Waals surface area contributed by atoms with E-state index in [0.29, 0.717) is 11.5 Å². The van der Waals surface area contributed by atoms with Crippen molar-refractivity contribution in [1.82, 2.24) is 10.3 Å². The molecule has 134 valence electrons. The van der Waals surface area contributed by atoms with Crippen LogP contribution < -0.4 is 10.1 Å². The molecule has 25 heavy (non-hydrogen) atoms. The minimum Gasteiger partial charge on any atom is -0.480 e. The minimum atomic E-state index is -3.21. The van der Waals surface area contributed by atoms with Crippen LogP contribution in [-0.4, -0.2) is 38.2 Å². The number of hydrogen-bond donors (Lipinski definition) is 1. The summed E-state index contributed by atoms with van der Waals surface area (Å²) < 4.78 is 28.2. The van der Waals surface area contributed by atoms with Crippen LogP contribution in [-0.2, 0) is 9.84 Å². The minimum absolute atomic E-state index is 0.113. The van der Waals surface area contributed by atoms with Gasteiger partial charge >= 0.3 is 0 Å². The van der Waals surface area contributed by atoms with Crippen molar-refractivity contribution in [3.8, 4) is 5.88 Å². The zero-order valence-corrected chi connectivity index (χ0v) is 15.2. The van der Waals surface area contributed by atoms with E-state index in [0.717, 1.165) is 30.4 Å². The summed E-state index contributed by atoms with van der Waals surface area (Å²) in [7, 11) is -1.74. The lowest BCUT2D eigenvalue weighted by molar-refractivity contribution is 0.0944. The number of pyridine rings is 1. The van der Waals surface area contributed by atoms with Gasteiger partial charge in [0.1, 0.15) is 5.56 Å². The van der Waals surface area contributed by atoms with E-state index in [2.05, 4.69) is 23.3 Å². The average molecular weight is 362 g/mol. The number of allylic oxidation sites excluding steroid dienone is 2. The van der Waals surface area contributed by atoms with Gasteiger partial charge in [-0.05, 0) is 49.0 Å². The number of hydrogen-bond acceptors (Lipinski definition) is 5. The van der Waals surface area contributed by atoms with E-state index in [4.69, 9.17) is 4.74 Å². The van der Waals surface area contributed by atoms with Crippen LogP contribution in [0.3, 0.4) is 0 Å². The quantitative estimate of drug-likeness (QED) is 0.888. The molecular formula is C18H22N2O4S. The summed E-state index contributed by atoms with van der Waals surface area (Å²) in [5.74, 6) is 0.428. The Balaban J connectivity index is 1.78. The number of nitrogens with zero attached hydrogens (tertiary/aromatic N) is 1. The Labute approximate surface area is 147 Å². The zero-order valence-electron chi connectivity index (χ0n) is 14.4. The smallest absolute Gasteiger partial charge is 0.257 e. The number of nitrogens with one attached hydrogen (secondary N) is 1. The van der Waals surface area contributed by atoms with Crippen LogP contribution in [0.2, 0.25) is 0 Å². The fourth-order valence-corrected chi connectivity index (χ4v) is 4.29. The molecule has 1 unspecified atom stereocenters. The molecule has 1 aromatic rings. The fraction of sp³-hybridized carbons (Fsp3) is 0.444. The number of sulfone groups is 1. The van der Waals surface area contributed by atoms with Gasteiger partial charge in [-0.2, -0.15) is 0 Å². The summed E-state index contributed by atoms with van der Waals surface area (Å²) in [5.41, 5.74) is 2.30. The second-order valence-electron chi connectivity index (χ2n) is 6.60. The summed E-state index contributed by atoms with van der Waals surface area (Å²) in [5, 5.41) is 3.82. The second-order valence-corrected chi connectivity index (χ2v) is 8.53. The molecule has 0 fully saturated rings. The van der Waals surface area contributed by atoms with Gasteiger partial charge in [0.15, 0.2) is 9.84 Å². The SMILES string of the molecule is COc1nc(C2=CCC(C)CC2)ccc1C(=O)N[C@@H]1C=CS(=O)(=O)C1. The van der Waals surface area contributed by atoms with Crippen molar-refractivity contribution in [2.45, 2.75) is 32.2 Å². The fourth-order valence-electron chi connectivity index (χ4n) is 3.06. The topological polar surface area (TPSA) is 85.4 Å². The first-order chi connectivity index (χ1) is 11.9. The van der Waals surface area contributed by atoms with Crippen molar-refractivity contribution < 1.29 is 17.9 Å². The molecule has 0 spiro atoms. The molecule has 0 saturated heterocycles. The van der Waals surface area contributed by atoms with Gasteiger partial charge in [-0.3, -0.25) is 4.79 Å². The standard InChI is InChI=1S/C18H22N2O4S/c1-12-3-5-13(6-4-12)16-8-7-15(18(20-16)24-2)17(21)19-14-9-10-25(22,23)11-14/h5,7-10,12,14H,3-4,6,11H2,1-2H3,(H,19,21)/t12?,14-/m1/s1. The van der Waals surface area contributed by atoms with Crippen molar-refractivity contribution in [1.29, 1.82) is 0 Å². The van der Waals surface area contributed by atoms with Crippen molar-refractivity contribution in [3.63, 3.8) is 0 Å². The van der Waals surface area contributed by atoms with Crippen molar-refractivity contribution in [3.05, 3.63) is 41.0 Å². The van der Waals surface area contributed by atoms with E-state index in [9.17, 15) is 13.2 Å². The molecule has 1 aliphatic carbocycles. The van der Waals surface area contributed by atoms with Crippen LogP contribution in [0.1, 0.15) is 42.2 Å². The molecule has 0 saturated carbocycles. The zero-order chi connectivity index (χ0) is 18.0. The first-order valence-electron chi connectivity index (χ1n) is 8.34. The van der Waals surface area contributed by atoms with E-state index in [-0.39, 0.29) is 11.6 Å². The molecule has 2 heterocycles. The Hall–Kier alpha value is -2.15. The molecule has 1 N–H and O–H groups in total. The van der Waals surface area contributed by atoms with Crippen LogP contribution in [0.4, 0.5) is 0 Å². The van der Waals surface area contributed by atoms with Gasteiger partial charge in [0.2, 0.25) is 5.88 Å². The maximum absolute atomic E-state index is 12.4. The predicted octanol–water partition coefficient (Wildman–Crippen LogP) is 2.33. The molecule has 1 aliphatic heterocycles. The van der Waals surface area contributed by atoms with Gasteiger partial charge in [-0.15, -0.1) is 0 Å². The van der Waals surface area contributed by atoms with Crippen molar-refractivity contribution in [2.24, 2.45) is 5.92 Å². The van der Waals surface area contributed by atoms with Crippen molar-refractivity contribution >= 4 is 21.3 Å². The monoisotopic (exact) mass is 362 g/mol. The maximum Gasteiger partial charge on any atom is 0.257 e. The lowest BCUT2D eigenvalue weighted by Crippen LogP contribution is -2.35. The Morgan fingerprint density at radius 2 is 2.16 bits per heavy atom. The number of amides is 1. The molecule has 6 nitrogen and oxygen atoms in total. The Bertz CT molecular complexity index is 843. The van der Waals surface area contributed by atoms with Gasteiger partial charge in [-0.25, -0.2) is 13.4 Å². The molecule has 1 amide bonds. The lowest BCUT2D eigenvalue weighted by Gasteiger charge is -2.19. The Kier molecular flexibility index (Phi) is 4.94. The first kappa shape index (κ1) is 17.7. The third kappa shape index (κ3) is 4.10. The van der Waals surface area contributed by atoms with Crippen LogP contribution in [0.5, 0.6) is 5.88 Å². The summed E-state index contributed by atoms with van der Waals surface area (Å²) >= 11 is 0. The molecule has 2 atom stereocenters. The average Bonchev–Trinajstić information content (AvgIpc) is 2.93. The first-order valence-corrected chi connectivity index (χ1v) is 10.1. The number of aromatic nitrogens is 1. The number of carbonyl (C=O) groups is 1. The predicted molar refractivity (Wildman–Crippen MR) is 96.0 cm³/mol. The molecule has 0 radical (unpaired) electrons. The van der Waals surface area contributed by atoms with E-state index in [1.807, 2.05) is 6.07 Å². The Morgan fingerprint density at radius 3 is 2.76 bits per heavy atom. The molecule has 3 rings (SSSR count). The Morgan fingerprint density at radius 1 is 1.36 bits per heavy atom. The highest BCUT2D eigenvalue weighted by Gasteiger charge is 2.25. The van der Waals surface area contributed by atoms with Crippen LogP contribution >= 0.6 is 0 Å². The number of carbonyl (C=O) groups excluding carboxylic acids is 1. The number of ether oxygens (including phenoxy) is 1. The van der Waals surface area contributed by atoms with Gasteiger partial charge in [-0.1, -0.05) is 13.0 Å². The number of methoxy groups -OCH3 is 1. The van der Waals surface area contributed by atoms with Crippen molar-refractivity contribution in [2.75, 3.05) is 12.9 Å². The van der Waals surface area contributed by atoms with Crippen LogP contribution in [0.25, 0.3) is 5.57 Å². The second kappa shape index (κ2) is 7.00. The molecule has 2 aliphatic rings. The highest BCUT2D eigenvalue weighted by molar-refractivity contribution is 7.94. The highest BCUT2D eigenvalue weighted by atomic mass is 32.2. The third-order valence-electron chi connectivity index (χ3n) is 4.55. The van der Waals surface area contributed by atoms with E-state index in [1.165, 1.54) is 18.8 Å². The molecule has 7 heteroatoms.